The molecule has 0 radical (unpaired) electrons. The van der Waals surface area contributed by atoms with Crippen molar-refractivity contribution >= 4 is 0 Å². The quantitative estimate of drug-likeness (QED) is 0.839. The zero-order valence-electron chi connectivity index (χ0n) is 12.6. The SMILES string of the molecule is CCc1ccc(CNCc2ccccc2CN(C)C)o1. The van der Waals surface area contributed by atoms with Crippen LogP contribution < -0.4 is 5.32 Å². The molecule has 0 saturated heterocycles. The fraction of sp³-hybridized carbons (Fsp3) is 0.412. The number of aryl methyl sites for hydroxylation is 1. The Morgan fingerprint density at radius 1 is 0.950 bits per heavy atom. The molecule has 1 aromatic carbocycles. The molecule has 20 heavy (non-hydrogen) atoms. The van der Waals surface area contributed by atoms with Crippen LogP contribution in [-0.4, -0.2) is 19.0 Å². The molecule has 108 valence electrons. The number of hydrogen-bond acceptors (Lipinski definition) is 3. The zero-order chi connectivity index (χ0) is 14.4. The first-order valence-corrected chi connectivity index (χ1v) is 7.19. The van der Waals surface area contributed by atoms with Gasteiger partial charge in [-0.1, -0.05) is 31.2 Å². The molecule has 2 rings (SSSR count). The Balaban J connectivity index is 1.90. The van der Waals surface area contributed by atoms with E-state index < -0.39 is 0 Å². The Morgan fingerprint density at radius 3 is 2.30 bits per heavy atom. The summed E-state index contributed by atoms with van der Waals surface area (Å²) < 4.78 is 5.69. The van der Waals surface area contributed by atoms with Crippen molar-refractivity contribution in [3.8, 4) is 0 Å². The van der Waals surface area contributed by atoms with Gasteiger partial charge in [0.1, 0.15) is 11.5 Å². The Hall–Kier alpha value is -1.58. The van der Waals surface area contributed by atoms with Gasteiger partial charge in [0.25, 0.3) is 0 Å². The highest BCUT2D eigenvalue weighted by Crippen LogP contribution is 2.12. The van der Waals surface area contributed by atoms with E-state index in [1.807, 2.05) is 0 Å². The van der Waals surface area contributed by atoms with Crippen molar-refractivity contribution in [1.82, 2.24) is 10.2 Å². The van der Waals surface area contributed by atoms with Crippen molar-refractivity contribution in [2.75, 3.05) is 14.1 Å². The van der Waals surface area contributed by atoms with E-state index >= 15 is 0 Å². The van der Waals surface area contributed by atoms with E-state index in [-0.39, 0.29) is 0 Å². The van der Waals surface area contributed by atoms with Gasteiger partial charge in [-0.25, -0.2) is 0 Å². The number of benzene rings is 1. The number of nitrogens with zero attached hydrogens (tertiary/aromatic N) is 1. The van der Waals surface area contributed by atoms with Crippen molar-refractivity contribution in [3.63, 3.8) is 0 Å². The molecule has 0 aliphatic carbocycles. The van der Waals surface area contributed by atoms with Crippen LogP contribution in [0.4, 0.5) is 0 Å². The summed E-state index contributed by atoms with van der Waals surface area (Å²) in [5.41, 5.74) is 2.72. The minimum absolute atomic E-state index is 0.774. The second kappa shape index (κ2) is 7.27. The highest BCUT2D eigenvalue weighted by atomic mass is 16.3. The molecule has 0 bridgehead atoms. The van der Waals surface area contributed by atoms with Gasteiger partial charge in [0.2, 0.25) is 0 Å². The van der Waals surface area contributed by atoms with Gasteiger partial charge in [0, 0.05) is 19.5 Å². The maximum atomic E-state index is 5.69. The minimum Gasteiger partial charge on any atom is -0.465 e. The molecular formula is C17H24N2O. The van der Waals surface area contributed by atoms with Gasteiger partial charge in [0.15, 0.2) is 0 Å². The molecule has 0 fully saturated rings. The van der Waals surface area contributed by atoms with E-state index in [1.165, 1.54) is 11.1 Å². The van der Waals surface area contributed by atoms with E-state index in [2.05, 4.69) is 67.6 Å². The minimum atomic E-state index is 0.774. The van der Waals surface area contributed by atoms with E-state index in [9.17, 15) is 0 Å². The molecule has 3 heteroatoms. The third-order valence-electron chi connectivity index (χ3n) is 3.29. The fourth-order valence-electron chi connectivity index (χ4n) is 2.25. The van der Waals surface area contributed by atoms with E-state index in [0.29, 0.717) is 0 Å². The smallest absolute Gasteiger partial charge is 0.117 e. The number of furan rings is 1. The van der Waals surface area contributed by atoms with Crippen molar-refractivity contribution in [3.05, 3.63) is 59.0 Å². The summed E-state index contributed by atoms with van der Waals surface area (Å²) in [6, 6.07) is 12.7. The molecule has 1 N–H and O–H groups in total. The zero-order valence-corrected chi connectivity index (χ0v) is 12.6. The molecule has 3 nitrogen and oxygen atoms in total. The Bertz CT molecular complexity index is 531. The monoisotopic (exact) mass is 272 g/mol. The predicted octanol–water partition coefficient (Wildman–Crippen LogP) is 3.19. The van der Waals surface area contributed by atoms with Crippen LogP contribution in [0.15, 0.2) is 40.8 Å². The van der Waals surface area contributed by atoms with Crippen LogP contribution in [0.25, 0.3) is 0 Å². The van der Waals surface area contributed by atoms with E-state index in [4.69, 9.17) is 4.42 Å². The van der Waals surface area contributed by atoms with Gasteiger partial charge >= 0.3 is 0 Å². The summed E-state index contributed by atoms with van der Waals surface area (Å²) in [5, 5.41) is 3.46. The summed E-state index contributed by atoms with van der Waals surface area (Å²) in [6.07, 6.45) is 0.950. The third-order valence-corrected chi connectivity index (χ3v) is 3.29. The van der Waals surface area contributed by atoms with Gasteiger partial charge in [0.05, 0.1) is 6.54 Å². The molecule has 0 saturated carbocycles. The first-order valence-electron chi connectivity index (χ1n) is 7.19. The highest BCUT2D eigenvalue weighted by molar-refractivity contribution is 5.27. The second-order valence-corrected chi connectivity index (χ2v) is 5.33. The summed E-state index contributed by atoms with van der Waals surface area (Å²) in [5.74, 6) is 2.06. The average molecular weight is 272 g/mol. The lowest BCUT2D eigenvalue weighted by molar-refractivity contribution is 0.399. The molecule has 0 aliphatic rings. The van der Waals surface area contributed by atoms with Crippen molar-refractivity contribution in [1.29, 1.82) is 0 Å². The number of rotatable bonds is 7. The average Bonchev–Trinajstić information content (AvgIpc) is 2.88. The molecule has 2 aromatic rings. The van der Waals surface area contributed by atoms with Crippen molar-refractivity contribution in [2.24, 2.45) is 0 Å². The van der Waals surface area contributed by atoms with E-state index in [0.717, 1.165) is 37.6 Å². The standard InChI is InChI=1S/C17H24N2O/c1-4-16-9-10-17(20-16)12-18-11-14-7-5-6-8-15(14)13-19(2)3/h5-10,18H,4,11-13H2,1-3H3. The molecule has 0 aliphatic heterocycles. The maximum absolute atomic E-state index is 5.69. The molecule has 1 aromatic heterocycles. The third kappa shape index (κ3) is 4.22. The van der Waals surface area contributed by atoms with Crippen LogP contribution in [0.3, 0.4) is 0 Å². The molecule has 0 spiro atoms. The Morgan fingerprint density at radius 2 is 1.65 bits per heavy atom. The lowest BCUT2D eigenvalue weighted by Crippen LogP contribution is -2.17. The van der Waals surface area contributed by atoms with Gasteiger partial charge < -0.3 is 14.6 Å². The van der Waals surface area contributed by atoms with E-state index in [1.54, 1.807) is 0 Å². The largest absolute Gasteiger partial charge is 0.465 e. The topological polar surface area (TPSA) is 28.4 Å². The number of nitrogens with one attached hydrogen (secondary N) is 1. The molecular weight excluding hydrogens is 248 g/mol. The molecule has 0 amide bonds. The summed E-state index contributed by atoms with van der Waals surface area (Å²) in [7, 11) is 4.19. The Kier molecular flexibility index (Phi) is 5.39. The van der Waals surface area contributed by atoms with Crippen molar-refractivity contribution < 1.29 is 4.42 Å². The van der Waals surface area contributed by atoms with Gasteiger partial charge in [-0.3, -0.25) is 0 Å². The van der Waals surface area contributed by atoms with Crippen LogP contribution in [-0.2, 0) is 26.1 Å². The second-order valence-electron chi connectivity index (χ2n) is 5.33. The predicted molar refractivity (Wildman–Crippen MR) is 82.5 cm³/mol. The Labute approximate surface area is 121 Å². The maximum Gasteiger partial charge on any atom is 0.117 e. The van der Waals surface area contributed by atoms with Crippen molar-refractivity contribution in [2.45, 2.75) is 33.0 Å². The fourth-order valence-corrected chi connectivity index (χ4v) is 2.25. The van der Waals surface area contributed by atoms with Gasteiger partial charge in [-0.15, -0.1) is 0 Å². The van der Waals surface area contributed by atoms with Crippen LogP contribution in [0.1, 0.15) is 29.6 Å². The van der Waals surface area contributed by atoms with Crippen LogP contribution in [0.2, 0.25) is 0 Å². The summed E-state index contributed by atoms with van der Waals surface area (Å²) in [6.45, 7) is 4.72. The normalized spacial score (nSPS) is 11.2. The van der Waals surface area contributed by atoms with Crippen LogP contribution >= 0.6 is 0 Å². The number of hydrogen-bond donors (Lipinski definition) is 1. The highest BCUT2D eigenvalue weighted by Gasteiger charge is 2.04. The summed E-state index contributed by atoms with van der Waals surface area (Å²) >= 11 is 0. The lowest BCUT2D eigenvalue weighted by atomic mass is 10.1. The van der Waals surface area contributed by atoms with Gasteiger partial charge in [-0.2, -0.15) is 0 Å². The lowest BCUT2D eigenvalue weighted by Gasteiger charge is -2.14. The van der Waals surface area contributed by atoms with Crippen LogP contribution in [0, 0.1) is 0 Å². The molecule has 0 unspecified atom stereocenters. The molecule has 0 atom stereocenters. The molecule has 1 heterocycles. The van der Waals surface area contributed by atoms with Crippen LogP contribution in [0.5, 0.6) is 0 Å². The first kappa shape index (κ1) is 14.8. The first-order chi connectivity index (χ1) is 9.69. The van der Waals surface area contributed by atoms with Gasteiger partial charge in [-0.05, 0) is 37.4 Å². The summed E-state index contributed by atoms with van der Waals surface area (Å²) in [4.78, 5) is 2.19.